The van der Waals surface area contributed by atoms with Crippen LogP contribution in [-0.2, 0) is 22.6 Å². The van der Waals surface area contributed by atoms with E-state index in [2.05, 4.69) is 9.83 Å². The van der Waals surface area contributed by atoms with E-state index in [1.807, 2.05) is 30.3 Å². The van der Waals surface area contributed by atoms with E-state index in [-0.39, 0.29) is 43.7 Å². The molecule has 0 bridgehead atoms. The van der Waals surface area contributed by atoms with Gasteiger partial charge in [0.1, 0.15) is 5.78 Å². The van der Waals surface area contributed by atoms with Gasteiger partial charge in [-0.3, -0.25) is 19.0 Å². The Labute approximate surface area is 209 Å². The third-order valence-corrected chi connectivity index (χ3v) is 5.72. The van der Waals surface area contributed by atoms with Gasteiger partial charge < -0.3 is 9.58 Å². The highest BCUT2D eigenvalue weighted by Crippen LogP contribution is 2.21. The summed E-state index contributed by atoms with van der Waals surface area (Å²) in [5.74, 6) is -0.832. The van der Waals surface area contributed by atoms with Gasteiger partial charge in [0.25, 0.3) is 11.6 Å². The first-order valence-corrected chi connectivity index (χ1v) is 11.6. The fourth-order valence-corrected chi connectivity index (χ4v) is 3.72. The molecule has 7 nitrogen and oxygen atoms in total. The van der Waals surface area contributed by atoms with Gasteiger partial charge in [-0.2, -0.15) is 4.98 Å². The van der Waals surface area contributed by atoms with E-state index >= 15 is 0 Å². The first-order valence-electron chi connectivity index (χ1n) is 11.3. The number of hydrogen-bond acceptors (Lipinski definition) is 5. The smallest absolute Gasteiger partial charge is 0.300 e. The molecule has 3 rings (SSSR count). The number of carbonyl (C=O) groups is 2. The van der Waals surface area contributed by atoms with Crippen molar-refractivity contribution in [3.8, 4) is 17.3 Å². The van der Waals surface area contributed by atoms with Crippen molar-refractivity contribution in [1.29, 1.82) is 0 Å². The van der Waals surface area contributed by atoms with Crippen LogP contribution in [0.25, 0.3) is 16.1 Å². The van der Waals surface area contributed by atoms with Gasteiger partial charge in [0.2, 0.25) is 6.54 Å². The molecular weight excluding hydrogens is 466 g/mol. The van der Waals surface area contributed by atoms with Crippen LogP contribution in [0.5, 0.6) is 6.01 Å². The zero-order valence-corrected chi connectivity index (χ0v) is 20.2. The number of Topliss-reactive ketones (excluding diaryl/α,β-unsaturated/α-hetero) is 2. The number of nitrogens with zero attached hydrogens (tertiary/aromatic N) is 3. The lowest BCUT2D eigenvalue weighted by Crippen LogP contribution is -2.29. The molecule has 1 atom stereocenters. The second-order valence-electron chi connectivity index (χ2n) is 8.18. The molecule has 0 saturated heterocycles. The summed E-state index contributed by atoms with van der Waals surface area (Å²) in [6.45, 7) is 8.58. The predicted molar refractivity (Wildman–Crippen MR) is 134 cm³/mol. The van der Waals surface area contributed by atoms with Crippen molar-refractivity contribution in [2.75, 3.05) is 13.2 Å². The summed E-state index contributed by atoms with van der Waals surface area (Å²) < 4.78 is 6.90. The molecule has 0 aliphatic heterocycles. The molecule has 0 spiro atoms. The number of halogens is 1. The first-order chi connectivity index (χ1) is 16.9. The topological polar surface area (TPSA) is 82.6 Å². The van der Waals surface area contributed by atoms with Crippen molar-refractivity contribution in [2.24, 2.45) is 5.92 Å². The van der Waals surface area contributed by atoms with Gasteiger partial charge in [0, 0.05) is 29.0 Å². The molecule has 1 heterocycles. The first kappa shape index (κ1) is 25.9. The Hall–Kier alpha value is -3.76. The lowest BCUT2D eigenvalue weighted by molar-refractivity contribution is -0.127. The van der Waals surface area contributed by atoms with Crippen LogP contribution >= 0.6 is 11.6 Å². The molecule has 35 heavy (non-hydrogen) atoms. The number of hydrogen-bond donors (Lipinski definition) is 0. The van der Waals surface area contributed by atoms with Crippen LogP contribution in [-0.4, -0.2) is 34.3 Å². The summed E-state index contributed by atoms with van der Waals surface area (Å²) in [4.78, 5) is 45.9. The molecule has 0 aliphatic rings. The van der Waals surface area contributed by atoms with Crippen LogP contribution in [0.3, 0.4) is 0 Å². The Morgan fingerprint density at radius 1 is 1.14 bits per heavy atom. The average Bonchev–Trinajstić information content (AvgIpc) is 2.84. The predicted octanol–water partition coefficient (Wildman–Crippen LogP) is 4.66. The zero-order chi connectivity index (χ0) is 25.2. The molecule has 0 N–H and O–H groups in total. The molecule has 3 aromatic rings. The lowest BCUT2D eigenvalue weighted by Gasteiger charge is -2.16. The van der Waals surface area contributed by atoms with Crippen molar-refractivity contribution in [3.05, 3.63) is 93.0 Å². The van der Waals surface area contributed by atoms with Crippen LogP contribution < -0.4 is 10.3 Å². The van der Waals surface area contributed by atoms with Gasteiger partial charge in [0.05, 0.1) is 25.3 Å². The lowest BCUT2D eigenvalue weighted by atomic mass is 9.91. The fourth-order valence-electron chi connectivity index (χ4n) is 3.59. The third-order valence-electron chi connectivity index (χ3n) is 5.47. The second kappa shape index (κ2) is 12.6. The monoisotopic (exact) mass is 491 g/mol. The molecule has 1 unspecified atom stereocenters. The summed E-state index contributed by atoms with van der Waals surface area (Å²) in [6, 6.07) is 17.7. The van der Waals surface area contributed by atoms with Gasteiger partial charge in [-0.15, -0.1) is 0 Å². The van der Waals surface area contributed by atoms with Crippen molar-refractivity contribution < 1.29 is 14.3 Å². The molecule has 180 valence electrons. The van der Waals surface area contributed by atoms with E-state index in [0.717, 1.165) is 5.56 Å². The van der Waals surface area contributed by atoms with E-state index in [1.165, 1.54) is 17.6 Å². The standard InChI is InChI=1S/C27H26ClN3O4/c1-19(32)22(15-20-7-4-3-5-8-20)16-24(33)18-31-26(34)17-25(21-9-11-23(28)12-10-21)30-27(31)35-14-6-13-29-2/h3-5,7-12,17,22H,6,13-16,18H2,1H3. The van der Waals surface area contributed by atoms with Gasteiger partial charge in [-0.25, -0.2) is 6.57 Å². The third kappa shape index (κ3) is 7.62. The van der Waals surface area contributed by atoms with Crippen molar-refractivity contribution >= 4 is 23.2 Å². The van der Waals surface area contributed by atoms with Gasteiger partial charge in [0.15, 0.2) is 5.78 Å². The van der Waals surface area contributed by atoms with Crippen LogP contribution in [0.4, 0.5) is 0 Å². The Morgan fingerprint density at radius 2 is 1.86 bits per heavy atom. The maximum atomic E-state index is 13.0. The maximum absolute atomic E-state index is 13.0. The van der Waals surface area contributed by atoms with Crippen molar-refractivity contribution in [2.45, 2.75) is 32.7 Å². The average molecular weight is 492 g/mol. The van der Waals surface area contributed by atoms with Gasteiger partial charge in [-0.1, -0.05) is 54.1 Å². The van der Waals surface area contributed by atoms with E-state index in [4.69, 9.17) is 22.9 Å². The minimum atomic E-state index is -0.482. The number of ether oxygens (including phenoxy) is 1. The molecular formula is C27H26ClN3O4. The molecule has 0 radical (unpaired) electrons. The van der Waals surface area contributed by atoms with E-state index < -0.39 is 11.5 Å². The number of ketones is 2. The van der Waals surface area contributed by atoms with Crippen LogP contribution in [0, 0.1) is 12.5 Å². The Bertz CT molecular complexity index is 1260. The van der Waals surface area contributed by atoms with E-state index in [1.54, 1.807) is 24.3 Å². The highest BCUT2D eigenvalue weighted by atomic mass is 35.5. The van der Waals surface area contributed by atoms with E-state index in [9.17, 15) is 14.4 Å². The summed E-state index contributed by atoms with van der Waals surface area (Å²) in [5, 5.41) is 0.554. The normalized spacial score (nSPS) is 11.5. The molecule has 0 aliphatic carbocycles. The molecule has 2 aromatic carbocycles. The van der Waals surface area contributed by atoms with Crippen LogP contribution in [0.1, 0.15) is 25.3 Å². The van der Waals surface area contributed by atoms with Gasteiger partial charge >= 0.3 is 0 Å². The Balaban J connectivity index is 1.83. The highest BCUT2D eigenvalue weighted by Gasteiger charge is 2.21. The van der Waals surface area contributed by atoms with E-state index in [0.29, 0.717) is 29.1 Å². The number of rotatable bonds is 12. The Kier molecular flexibility index (Phi) is 9.33. The summed E-state index contributed by atoms with van der Waals surface area (Å²) in [7, 11) is 0. The fraction of sp³-hybridized carbons (Fsp3) is 0.296. The van der Waals surface area contributed by atoms with Crippen LogP contribution in [0.15, 0.2) is 65.5 Å². The molecule has 0 amide bonds. The largest absolute Gasteiger partial charge is 0.464 e. The highest BCUT2D eigenvalue weighted by molar-refractivity contribution is 6.30. The molecule has 0 fully saturated rings. The molecule has 1 aromatic heterocycles. The number of benzene rings is 2. The quantitative estimate of drug-likeness (QED) is 0.272. The minimum Gasteiger partial charge on any atom is -0.464 e. The summed E-state index contributed by atoms with van der Waals surface area (Å²) >= 11 is 5.96. The SMILES string of the molecule is [C-]#[N+]CCCOc1nc(-c2ccc(Cl)cc2)cc(=O)n1CC(=O)CC(Cc1ccccc1)C(C)=O. The molecule has 8 heteroatoms. The maximum Gasteiger partial charge on any atom is 0.300 e. The summed E-state index contributed by atoms with van der Waals surface area (Å²) in [6.07, 6.45) is 0.916. The van der Waals surface area contributed by atoms with Crippen molar-refractivity contribution in [3.63, 3.8) is 0 Å². The van der Waals surface area contributed by atoms with Crippen molar-refractivity contribution in [1.82, 2.24) is 9.55 Å². The minimum absolute atomic E-state index is 0.00298. The Morgan fingerprint density at radius 3 is 2.51 bits per heavy atom. The van der Waals surface area contributed by atoms with Crippen LogP contribution in [0.2, 0.25) is 5.02 Å². The molecule has 0 saturated carbocycles. The number of aromatic nitrogens is 2. The number of carbonyl (C=O) groups excluding carboxylic acids is 2. The summed E-state index contributed by atoms with van der Waals surface area (Å²) in [5.41, 5.74) is 1.59. The van der Waals surface area contributed by atoms with Gasteiger partial charge in [-0.05, 0) is 31.0 Å². The second-order valence-corrected chi connectivity index (χ2v) is 8.62. The zero-order valence-electron chi connectivity index (χ0n) is 19.4.